The molecule has 2 bridgehead atoms. The van der Waals surface area contributed by atoms with Crippen LogP contribution in [0.15, 0.2) is 18.7 Å². The Morgan fingerprint density at radius 2 is 2.03 bits per heavy atom. The summed E-state index contributed by atoms with van der Waals surface area (Å²) < 4.78 is 18.5. The fourth-order valence-corrected chi connectivity index (χ4v) is 7.26. The predicted octanol–water partition coefficient (Wildman–Crippen LogP) is 5.72. The van der Waals surface area contributed by atoms with Crippen LogP contribution >= 0.6 is 22.6 Å². The average Bonchev–Trinajstić information content (AvgIpc) is 3.22. The zero-order valence-corrected chi connectivity index (χ0v) is 20.0. The molecule has 29 heavy (non-hydrogen) atoms. The molecule has 1 spiro atoms. The molecule has 158 valence electrons. The van der Waals surface area contributed by atoms with E-state index in [2.05, 4.69) is 49.9 Å². The van der Waals surface area contributed by atoms with Crippen molar-refractivity contribution in [3.05, 3.63) is 27.8 Å². The quantitative estimate of drug-likeness (QED) is 0.348. The highest BCUT2D eigenvalue weighted by atomic mass is 127. The Labute approximate surface area is 187 Å². The van der Waals surface area contributed by atoms with Gasteiger partial charge in [0.25, 0.3) is 0 Å². The van der Waals surface area contributed by atoms with Crippen LogP contribution in [0.4, 0.5) is 0 Å². The first-order valence-electron chi connectivity index (χ1n) is 10.6. The van der Waals surface area contributed by atoms with Crippen molar-refractivity contribution in [2.75, 3.05) is 13.7 Å². The number of halogens is 1. The van der Waals surface area contributed by atoms with Crippen molar-refractivity contribution < 1.29 is 19.0 Å². The molecule has 0 saturated heterocycles. The molecular weight excluding hydrogens is 479 g/mol. The number of ether oxygens (including phenoxy) is 3. The Hall–Kier alpha value is -1.24. The standard InChI is InChI=1S/C24H31IO4/c1-6-16-7-19(25)22(20(8-16)27-5)28-13-21(26)29-24(14(2)3)15(4)10-23-11-17(23)9-18(24)12-23/h6-8,14-15,17-18H,1,9-13H2,2-5H3. The molecule has 1 aromatic rings. The van der Waals surface area contributed by atoms with E-state index in [0.717, 1.165) is 15.1 Å². The molecular formula is C24H31IO4. The summed E-state index contributed by atoms with van der Waals surface area (Å²) in [4.78, 5) is 12.9. The normalized spacial score (nSPS) is 34.5. The summed E-state index contributed by atoms with van der Waals surface area (Å²) in [6.45, 7) is 10.4. The maximum atomic E-state index is 12.9. The number of methoxy groups -OCH3 is 1. The molecule has 5 heteroatoms. The van der Waals surface area contributed by atoms with E-state index in [1.54, 1.807) is 13.2 Å². The molecule has 0 amide bonds. The van der Waals surface area contributed by atoms with Gasteiger partial charge in [0, 0.05) is 5.92 Å². The van der Waals surface area contributed by atoms with Gasteiger partial charge < -0.3 is 14.2 Å². The Kier molecular flexibility index (Phi) is 5.41. The number of rotatable bonds is 7. The summed E-state index contributed by atoms with van der Waals surface area (Å²) in [6.07, 6.45) is 6.78. The second-order valence-corrected chi connectivity index (χ2v) is 10.7. The highest BCUT2D eigenvalue weighted by Gasteiger charge is 2.70. The lowest BCUT2D eigenvalue weighted by Crippen LogP contribution is -2.55. The van der Waals surface area contributed by atoms with Crippen molar-refractivity contribution in [1.29, 1.82) is 0 Å². The van der Waals surface area contributed by atoms with E-state index in [-0.39, 0.29) is 18.2 Å². The molecule has 0 heterocycles. The molecule has 3 aliphatic carbocycles. The molecule has 3 fully saturated rings. The second kappa shape index (κ2) is 7.47. The third-order valence-electron chi connectivity index (χ3n) is 7.72. The number of hydrogen-bond acceptors (Lipinski definition) is 4. The van der Waals surface area contributed by atoms with Crippen molar-refractivity contribution in [3.63, 3.8) is 0 Å². The van der Waals surface area contributed by atoms with Crippen LogP contribution in [0.25, 0.3) is 6.08 Å². The number of carbonyl (C=O) groups is 1. The lowest BCUT2D eigenvalue weighted by molar-refractivity contribution is -0.195. The lowest BCUT2D eigenvalue weighted by Gasteiger charge is -2.50. The maximum absolute atomic E-state index is 12.9. The van der Waals surface area contributed by atoms with E-state index in [1.807, 2.05) is 12.1 Å². The van der Waals surface area contributed by atoms with Crippen LogP contribution in [0.2, 0.25) is 0 Å². The van der Waals surface area contributed by atoms with Gasteiger partial charge in [-0.05, 0) is 89.1 Å². The molecule has 3 saturated carbocycles. The Bertz CT molecular complexity index is 834. The first-order valence-corrected chi connectivity index (χ1v) is 11.7. The maximum Gasteiger partial charge on any atom is 0.344 e. The molecule has 3 aliphatic rings. The largest absolute Gasteiger partial charge is 0.493 e. The third-order valence-corrected chi connectivity index (χ3v) is 8.52. The fraction of sp³-hybridized carbons (Fsp3) is 0.625. The van der Waals surface area contributed by atoms with Gasteiger partial charge in [0.15, 0.2) is 18.1 Å². The van der Waals surface area contributed by atoms with Gasteiger partial charge >= 0.3 is 5.97 Å². The van der Waals surface area contributed by atoms with E-state index < -0.39 is 0 Å². The van der Waals surface area contributed by atoms with Crippen LogP contribution in [0, 0.1) is 32.7 Å². The Morgan fingerprint density at radius 3 is 2.69 bits per heavy atom. The number of esters is 1. The van der Waals surface area contributed by atoms with E-state index in [9.17, 15) is 4.79 Å². The zero-order chi connectivity index (χ0) is 21.0. The van der Waals surface area contributed by atoms with Crippen LogP contribution < -0.4 is 9.47 Å². The number of benzene rings is 1. The predicted molar refractivity (Wildman–Crippen MR) is 122 cm³/mol. The van der Waals surface area contributed by atoms with Crippen molar-refractivity contribution in [3.8, 4) is 11.5 Å². The minimum Gasteiger partial charge on any atom is -0.493 e. The van der Waals surface area contributed by atoms with E-state index in [4.69, 9.17) is 14.2 Å². The monoisotopic (exact) mass is 510 g/mol. The smallest absolute Gasteiger partial charge is 0.344 e. The molecule has 5 atom stereocenters. The van der Waals surface area contributed by atoms with Crippen LogP contribution in [-0.4, -0.2) is 25.3 Å². The molecule has 0 aromatic heterocycles. The first-order chi connectivity index (χ1) is 13.8. The molecule has 4 rings (SSSR count). The highest BCUT2D eigenvalue weighted by molar-refractivity contribution is 14.1. The van der Waals surface area contributed by atoms with Gasteiger partial charge in [-0.1, -0.05) is 33.4 Å². The van der Waals surface area contributed by atoms with Crippen LogP contribution in [-0.2, 0) is 9.53 Å². The molecule has 0 radical (unpaired) electrons. The molecule has 1 aromatic carbocycles. The Balaban J connectivity index is 1.49. The highest BCUT2D eigenvalue weighted by Crippen LogP contribution is 2.75. The fourth-order valence-electron chi connectivity index (χ4n) is 6.48. The number of fused-ring (bicyclic) bond motifs is 1. The van der Waals surface area contributed by atoms with Crippen LogP contribution in [0.5, 0.6) is 11.5 Å². The number of carbonyl (C=O) groups excluding carboxylic acids is 1. The van der Waals surface area contributed by atoms with E-state index in [0.29, 0.717) is 34.7 Å². The average molecular weight is 510 g/mol. The summed E-state index contributed by atoms with van der Waals surface area (Å²) in [5, 5.41) is 0. The van der Waals surface area contributed by atoms with Gasteiger partial charge in [-0.2, -0.15) is 0 Å². The van der Waals surface area contributed by atoms with Crippen molar-refractivity contribution in [2.45, 2.75) is 52.1 Å². The van der Waals surface area contributed by atoms with Gasteiger partial charge in [0.1, 0.15) is 5.60 Å². The molecule has 4 nitrogen and oxygen atoms in total. The molecule has 0 aliphatic heterocycles. The molecule has 0 N–H and O–H groups in total. The van der Waals surface area contributed by atoms with E-state index in [1.165, 1.54) is 25.7 Å². The van der Waals surface area contributed by atoms with Gasteiger partial charge in [0.2, 0.25) is 0 Å². The van der Waals surface area contributed by atoms with Crippen molar-refractivity contribution in [1.82, 2.24) is 0 Å². The molecule has 5 unspecified atom stereocenters. The Morgan fingerprint density at radius 1 is 1.31 bits per heavy atom. The minimum absolute atomic E-state index is 0.109. The SMILES string of the molecule is C=Cc1cc(I)c(OCC(=O)OC2(C(C)C)C(C)CC34CC3CC2C4)c(OC)c1. The summed E-state index contributed by atoms with van der Waals surface area (Å²) in [5.74, 6) is 2.92. The number of hydrogen-bond donors (Lipinski definition) is 0. The summed E-state index contributed by atoms with van der Waals surface area (Å²) >= 11 is 2.19. The zero-order valence-electron chi connectivity index (χ0n) is 17.8. The lowest BCUT2D eigenvalue weighted by atomic mass is 9.61. The van der Waals surface area contributed by atoms with Gasteiger partial charge in [-0.25, -0.2) is 4.79 Å². The van der Waals surface area contributed by atoms with Gasteiger partial charge in [-0.15, -0.1) is 0 Å². The summed E-state index contributed by atoms with van der Waals surface area (Å²) in [7, 11) is 1.60. The van der Waals surface area contributed by atoms with Crippen molar-refractivity contribution >= 4 is 34.6 Å². The summed E-state index contributed by atoms with van der Waals surface area (Å²) in [5.41, 5.74) is 1.15. The second-order valence-electron chi connectivity index (χ2n) is 9.51. The van der Waals surface area contributed by atoms with Gasteiger partial charge in [0.05, 0.1) is 10.7 Å². The van der Waals surface area contributed by atoms with E-state index >= 15 is 0 Å². The van der Waals surface area contributed by atoms with Gasteiger partial charge in [-0.3, -0.25) is 0 Å². The third kappa shape index (κ3) is 3.37. The van der Waals surface area contributed by atoms with Crippen LogP contribution in [0.1, 0.15) is 52.0 Å². The van der Waals surface area contributed by atoms with Crippen molar-refractivity contribution in [2.24, 2.45) is 29.1 Å². The first kappa shape index (κ1) is 21.0. The summed E-state index contributed by atoms with van der Waals surface area (Å²) in [6, 6.07) is 3.82. The minimum atomic E-state index is -0.372. The topological polar surface area (TPSA) is 44.8 Å². The van der Waals surface area contributed by atoms with Crippen LogP contribution in [0.3, 0.4) is 0 Å².